The van der Waals surface area contributed by atoms with Crippen molar-refractivity contribution in [2.45, 2.75) is 13.5 Å². The zero-order valence-corrected chi connectivity index (χ0v) is 11.3. The van der Waals surface area contributed by atoms with E-state index in [1.165, 1.54) is 12.3 Å². The molecule has 0 aliphatic carbocycles. The summed E-state index contributed by atoms with van der Waals surface area (Å²) in [6.07, 6.45) is 1.42. The zero-order chi connectivity index (χ0) is 13.1. The number of nitrogens with one attached hydrogen (secondary N) is 1. The molecule has 0 saturated heterocycles. The lowest BCUT2D eigenvalue weighted by Crippen LogP contribution is -2.22. The molecule has 1 aromatic heterocycles. The van der Waals surface area contributed by atoms with Gasteiger partial charge in [0.25, 0.3) is 5.91 Å². The Kier molecular flexibility index (Phi) is 3.81. The number of hydrogen-bond acceptors (Lipinski definition) is 2. The lowest BCUT2D eigenvalue weighted by Gasteiger charge is -2.05. The summed E-state index contributed by atoms with van der Waals surface area (Å²) >= 11 is 3.13. The molecule has 2 rings (SSSR count). The van der Waals surface area contributed by atoms with E-state index in [1.807, 2.05) is 0 Å². The van der Waals surface area contributed by atoms with E-state index in [1.54, 1.807) is 25.1 Å². The molecule has 18 heavy (non-hydrogen) atoms. The van der Waals surface area contributed by atoms with E-state index < -0.39 is 0 Å². The van der Waals surface area contributed by atoms with E-state index in [0.29, 0.717) is 21.4 Å². The first-order valence-corrected chi connectivity index (χ1v) is 6.13. The van der Waals surface area contributed by atoms with Gasteiger partial charge in [0, 0.05) is 6.54 Å². The van der Waals surface area contributed by atoms with E-state index in [-0.39, 0.29) is 18.3 Å². The van der Waals surface area contributed by atoms with Crippen LogP contribution in [0.4, 0.5) is 4.39 Å². The van der Waals surface area contributed by atoms with Crippen molar-refractivity contribution in [2.75, 3.05) is 0 Å². The Bertz CT molecular complexity index is 580. The fourth-order valence-electron chi connectivity index (χ4n) is 1.48. The standard InChI is InChI=1S/C13H11BrFNO2/c1-8-2-3-9(6-11(8)15)7-16-13(17)10-4-5-18-12(10)14/h2-6H,7H2,1H3,(H,16,17). The summed E-state index contributed by atoms with van der Waals surface area (Å²) in [5.41, 5.74) is 1.72. The van der Waals surface area contributed by atoms with Crippen molar-refractivity contribution in [3.63, 3.8) is 0 Å². The number of carbonyl (C=O) groups excluding carboxylic acids is 1. The predicted molar refractivity (Wildman–Crippen MR) is 68.7 cm³/mol. The van der Waals surface area contributed by atoms with Crippen LogP contribution in [0.2, 0.25) is 0 Å². The minimum absolute atomic E-state index is 0.267. The highest BCUT2D eigenvalue weighted by atomic mass is 79.9. The topological polar surface area (TPSA) is 42.2 Å². The van der Waals surface area contributed by atoms with Gasteiger partial charge in [-0.05, 0) is 46.1 Å². The average molecular weight is 312 g/mol. The molecular formula is C13H11BrFNO2. The molecule has 0 bridgehead atoms. The molecule has 0 radical (unpaired) electrons. The zero-order valence-electron chi connectivity index (χ0n) is 9.67. The largest absolute Gasteiger partial charge is 0.457 e. The third-order valence-electron chi connectivity index (χ3n) is 2.55. The van der Waals surface area contributed by atoms with Crippen molar-refractivity contribution in [2.24, 2.45) is 0 Å². The molecule has 0 aliphatic rings. The van der Waals surface area contributed by atoms with E-state index >= 15 is 0 Å². The molecule has 0 atom stereocenters. The second kappa shape index (κ2) is 5.35. The molecule has 2 aromatic rings. The molecule has 0 aliphatic heterocycles. The van der Waals surface area contributed by atoms with Gasteiger partial charge in [0.05, 0.1) is 11.8 Å². The van der Waals surface area contributed by atoms with Crippen LogP contribution in [0.3, 0.4) is 0 Å². The predicted octanol–water partition coefficient (Wildman–Crippen LogP) is 3.42. The average Bonchev–Trinajstić information content (AvgIpc) is 2.77. The molecule has 0 spiro atoms. The van der Waals surface area contributed by atoms with Gasteiger partial charge in [-0.1, -0.05) is 12.1 Å². The van der Waals surface area contributed by atoms with Crippen LogP contribution in [0.5, 0.6) is 0 Å². The highest BCUT2D eigenvalue weighted by Gasteiger charge is 2.12. The summed E-state index contributed by atoms with van der Waals surface area (Å²) < 4.78 is 18.7. The van der Waals surface area contributed by atoms with Gasteiger partial charge in [-0.15, -0.1) is 0 Å². The number of hydrogen-bond donors (Lipinski definition) is 1. The van der Waals surface area contributed by atoms with Crippen molar-refractivity contribution in [3.8, 4) is 0 Å². The normalized spacial score (nSPS) is 10.4. The first-order valence-electron chi connectivity index (χ1n) is 5.34. The summed E-state index contributed by atoms with van der Waals surface area (Å²) in [6.45, 7) is 1.97. The quantitative estimate of drug-likeness (QED) is 0.943. The fraction of sp³-hybridized carbons (Fsp3) is 0.154. The van der Waals surface area contributed by atoms with E-state index in [0.717, 1.165) is 0 Å². The maximum absolute atomic E-state index is 13.3. The van der Waals surface area contributed by atoms with Crippen molar-refractivity contribution < 1.29 is 13.6 Å². The Labute approximate surface area is 112 Å². The maximum Gasteiger partial charge on any atom is 0.256 e. The summed E-state index contributed by atoms with van der Waals surface area (Å²) in [5.74, 6) is -0.539. The molecule has 0 unspecified atom stereocenters. The van der Waals surface area contributed by atoms with Gasteiger partial charge in [0.1, 0.15) is 5.82 Å². The number of halogens is 2. The summed E-state index contributed by atoms with van der Waals surface area (Å²) in [5, 5.41) is 2.69. The molecule has 0 fully saturated rings. The number of furan rings is 1. The van der Waals surface area contributed by atoms with Crippen LogP contribution in [0, 0.1) is 12.7 Å². The van der Waals surface area contributed by atoms with Crippen molar-refractivity contribution in [1.29, 1.82) is 0 Å². The van der Waals surface area contributed by atoms with Crippen LogP contribution in [-0.4, -0.2) is 5.91 Å². The molecule has 1 aromatic carbocycles. The van der Waals surface area contributed by atoms with Crippen LogP contribution in [0.15, 0.2) is 39.6 Å². The lowest BCUT2D eigenvalue weighted by atomic mass is 10.1. The number of carbonyl (C=O) groups is 1. The van der Waals surface area contributed by atoms with Crippen LogP contribution in [0.25, 0.3) is 0 Å². The minimum atomic E-state index is -0.272. The van der Waals surface area contributed by atoms with Gasteiger partial charge >= 0.3 is 0 Å². The minimum Gasteiger partial charge on any atom is -0.457 e. The van der Waals surface area contributed by atoms with Crippen LogP contribution < -0.4 is 5.32 Å². The number of amides is 1. The molecule has 5 heteroatoms. The van der Waals surface area contributed by atoms with Gasteiger partial charge < -0.3 is 9.73 Å². The monoisotopic (exact) mass is 311 g/mol. The van der Waals surface area contributed by atoms with Crippen molar-refractivity contribution in [3.05, 3.63) is 57.7 Å². The fourth-order valence-corrected chi connectivity index (χ4v) is 1.90. The highest BCUT2D eigenvalue weighted by molar-refractivity contribution is 9.10. The molecule has 1 N–H and O–H groups in total. The molecule has 1 amide bonds. The Morgan fingerprint density at radius 3 is 2.83 bits per heavy atom. The third-order valence-corrected chi connectivity index (χ3v) is 3.17. The van der Waals surface area contributed by atoms with Crippen molar-refractivity contribution in [1.82, 2.24) is 5.32 Å². The van der Waals surface area contributed by atoms with Gasteiger partial charge in [-0.25, -0.2) is 4.39 Å². The molecule has 3 nitrogen and oxygen atoms in total. The molecule has 94 valence electrons. The summed E-state index contributed by atoms with van der Waals surface area (Å²) in [4.78, 5) is 11.8. The number of rotatable bonds is 3. The van der Waals surface area contributed by atoms with Crippen LogP contribution in [-0.2, 0) is 6.54 Å². The first-order chi connectivity index (χ1) is 8.58. The number of benzene rings is 1. The second-order valence-electron chi connectivity index (χ2n) is 3.87. The Hall–Kier alpha value is -1.62. The highest BCUT2D eigenvalue weighted by Crippen LogP contribution is 2.17. The molecular weight excluding hydrogens is 301 g/mol. The maximum atomic E-state index is 13.3. The van der Waals surface area contributed by atoms with Gasteiger partial charge in [-0.3, -0.25) is 4.79 Å². The first kappa shape index (κ1) is 12.8. The van der Waals surface area contributed by atoms with E-state index in [9.17, 15) is 9.18 Å². The smallest absolute Gasteiger partial charge is 0.256 e. The van der Waals surface area contributed by atoms with Gasteiger partial charge in [0.15, 0.2) is 4.67 Å². The Morgan fingerprint density at radius 2 is 2.22 bits per heavy atom. The van der Waals surface area contributed by atoms with Crippen LogP contribution >= 0.6 is 15.9 Å². The van der Waals surface area contributed by atoms with Crippen LogP contribution in [0.1, 0.15) is 21.5 Å². The summed E-state index contributed by atoms with van der Waals surface area (Å²) in [7, 11) is 0. The third kappa shape index (κ3) is 2.79. The lowest BCUT2D eigenvalue weighted by molar-refractivity contribution is 0.0949. The van der Waals surface area contributed by atoms with Gasteiger partial charge in [0.2, 0.25) is 0 Å². The molecule has 0 saturated carbocycles. The Balaban J connectivity index is 2.02. The van der Waals surface area contributed by atoms with E-state index in [4.69, 9.17) is 4.42 Å². The SMILES string of the molecule is Cc1ccc(CNC(=O)c2ccoc2Br)cc1F. The molecule has 1 heterocycles. The Morgan fingerprint density at radius 1 is 1.44 bits per heavy atom. The second-order valence-corrected chi connectivity index (χ2v) is 4.59. The van der Waals surface area contributed by atoms with E-state index in [2.05, 4.69) is 21.2 Å². The summed E-state index contributed by atoms with van der Waals surface area (Å²) in [6, 6.07) is 6.45. The van der Waals surface area contributed by atoms with Crippen molar-refractivity contribution >= 4 is 21.8 Å². The number of aryl methyl sites for hydroxylation is 1. The van der Waals surface area contributed by atoms with Gasteiger partial charge in [-0.2, -0.15) is 0 Å².